The van der Waals surface area contributed by atoms with Gasteiger partial charge < -0.3 is 9.88 Å². The van der Waals surface area contributed by atoms with Gasteiger partial charge in [-0.1, -0.05) is 20.8 Å². The lowest BCUT2D eigenvalue weighted by molar-refractivity contribution is -0.121. The van der Waals surface area contributed by atoms with Gasteiger partial charge in [-0.25, -0.2) is 4.98 Å². The van der Waals surface area contributed by atoms with Gasteiger partial charge in [-0.05, 0) is 6.42 Å². The van der Waals surface area contributed by atoms with Gasteiger partial charge in [-0.15, -0.1) is 0 Å². The van der Waals surface area contributed by atoms with Crippen molar-refractivity contribution in [1.29, 1.82) is 0 Å². The molecule has 0 radical (unpaired) electrons. The number of carbonyl (C=O) groups excluding carboxylic acids is 1. The van der Waals surface area contributed by atoms with Gasteiger partial charge in [0.15, 0.2) is 0 Å². The molecule has 0 saturated carbocycles. The van der Waals surface area contributed by atoms with E-state index in [1.165, 1.54) is 5.69 Å². The molecule has 4 heteroatoms. The van der Waals surface area contributed by atoms with Crippen molar-refractivity contribution in [3.05, 3.63) is 17.7 Å². The molecule has 0 aliphatic carbocycles. The fourth-order valence-corrected chi connectivity index (χ4v) is 1.93. The van der Waals surface area contributed by atoms with Crippen LogP contribution in [0.4, 0.5) is 0 Å². The van der Waals surface area contributed by atoms with Crippen molar-refractivity contribution in [2.75, 3.05) is 0 Å². The Morgan fingerprint density at radius 1 is 1.40 bits per heavy atom. The number of rotatable bonds is 0. The second kappa shape index (κ2) is 3.36. The van der Waals surface area contributed by atoms with Gasteiger partial charge in [0.25, 0.3) is 0 Å². The number of carbonyl (C=O) groups is 1. The number of hydrogen-bond donors (Lipinski definition) is 1. The highest BCUT2D eigenvalue weighted by Gasteiger charge is 2.24. The number of hydrogen-bond acceptors (Lipinski definition) is 2. The zero-order chi connectivity index (χ0) is 11.1. The lowest BCUT2D eigenvalue weighted by Crippen LogP contribution is -2.22. The van der Waals surface area contributed by atoms with Gasteiger partial charge in [-0.3, -0.25) is 4.79 Å². The molecule has 15 heavy (non-hydrogen) atoms. The molecule has 4 nitrogen and oxygen atoms in total. The normalized spacial score (nSPS) is 16.9. The topological polar surface area (TPSA) is 46.9 Å². The molecular formula is C11H17N3O. The molecule has 1 aliphatic heterocycles. The molecule has 0 fully saturated rings. The van der Waals surface area contributed by atoms with Crippen LogP contribution in [0.3, 0.4) is 0 Å². The van der Waals surface area contributed by atoms with Crippen molar-refractivity contribution in [2.24, 2.45) is 0 Å². The molecule has 0 spiro atoms. The van der Waals surface area contributed by atoms with Gasteiger partial charge in [0.2, 0.25) is 5.91 Å². The molecule has 2 heterocycles. The zero-order valence-corrected chi connectivity index (χ0v) is 9.50. The summed E-state index contributed by atoms with van der Waals surface area (Å²) in [6.07, 6.45) is 3.18. The van der Waals surface area contributed by atoms with Gasteiger partial charge in [0.1, 0.15) is 0 Å². The molecule has 2 rings (SSSR count). The van der Waals surface area contributed by atoms with E-state index in [1.807, 2.05) is 10.9 Å². The second-order valence-corrected chi connectivity index (χ2v) is 5.02. The van der Waals surface area contributed by atoms with Gasteiger partial charge >= 0.3 is 0 Å². The smallest absolute Gasteiger partial charge is 0.221 e. The van der Waals surface area contributed by atoms with E-state index in [4.69, 9.17) is 0 Å². The second-order valence-electron chi connectivity index (χ2n) is 5.02. The largest absolute Gasteiger partial charge is 0.338 e. The monoisotopic (exact) mass is 207 g/mol. The molecule has 1 aromatic heterocycles. The molecule has 1 aromatic rings. The van der Waals surface area contributed by atoms with Crippen LogP contribution in [-0.2, 0) is 23.3 Å². The van der Waals surface area contributed by atoms with Crippen LogP contribution in [0.5, 0.6) is 0 Å². The molecule has 0 saturated heterocycles. The average Bonchev–Trinajstić information content (AvgIpc) is 2.46. The van der Waals surface area contributed by atoms with E-state index in [0.29, 0.717) is 13.1 Å². The molecule has 0 atom stereocenters. The highest BCUT2D eigenvalue weighted by atomic mass is 16.1. The van der Waals surface area contributed by atoms with Crippen LogP contribution in [0.15, 0.2) is 6.33 Å². The first-order chi connectivity index (χ1) is 6.98. The fourth-order valence-electron chi connectivity index (χ4n) is 1.93. The first-order valence-corrected chi connectivity index (χ1v) is 5.29. The summed E-state index contributed by atoms with van der Waals surface area (Å²) in [5.41, 5.74) is 2.35. The third kappa shape index (κ3) is 1.89. The zero-order valence-electron chi connectivity index (χ0n) is 9.50. The minimum atomic E-state index is 0.0496. The third-order valence-corrected chi connectivity index (χ3v) is 2.69. The lowest BCUT2D eigenvalue weighted by Gasteiger charge is -2.18. The standard InChI is InChI=1S/C11H17N3O/c1-11(2,3)10-8-4-5-9(15)12-6-14(8)7-13-10/h7H,4-6H2,1-3H3,(H,12,15). The van der Waals surface area contributed by atoms with E-state index >= 15 is 0 Å². The number of aromatic nitrogens is 2. The molecule has 0 aromatic carbocycles. The van der Waals surface area contributed by atoms with E-state index in [-0.39, 0.29) is 11.3 Å². The van der Waals surface area contributed by atoms with Crippen LogP contribution in [0.25, 0.3) is 0 Å². The Hall–Kier alpha value is -1.32. The highest BCUT2D eigenvalue weighted by Crippen LogP contribution is 2.25. The summed E-state index contributed by atoms with van der Waals surface area (Å²) < 4.78 is 2.03. The molecular weight excluding hydrogens is 190 g/mol. The van der Waals surface area contributed by atoms with Crippen LogP contribution < -0.4 is 5.32 Å². The highest BCUT2D eigenvalue weighted by molar-refractivity contribution is 5.76. The van der Waals surface area contributed by atoms with E-state index in [2.05, 4.69) is 31.1 Å². The maximum absolute atomic E-state index is 11.3. The van der Waals surface area contributed by atoms with E-state index in [0.717, 1.165) is 12.1 Å². The van der Waals surface area contributed by atoms with Crippen molar-refractivity contribution >= 4 is 5.91 Å². The first-order valence-electron chi connectivity index (χ1n) is 5.29. The van der Waals surface area contributed by atoms with Gasteiger partial charge in [-0.2, -0.15) is 0 Å². The molecule has 1 amide bonds. The van der Waals surface area contributed by atoms with Crippen LogP contribution in [0.1, 0.15) is 38.6 Å². The van der Waals surface area contributed by atoms with E-state index in [1.54, 1.807) is 0 Å². The van der Waals surface area contributed by atoms with Crippen molar-refractivity contribution in [3.8, 4) is 0 Å². The first kappa shape index (κ1) is 10.2. The van der Waals surface area contributed by atoms with E-state index < -0.39 is 0 Å². The summed E-state index contributed by atoms with van der Waals surface area (Å²) in [5, 5.41) is 2.85. The Balaban J connectivity index is 2.38. The summed E-state index contributed by atoms with van der Waals surface area (Å²) in [7, 11) is 0. The summed E-state index contributed by atoms with van der Waals surface area (Å²) in [5.74, 6) is 0.124. The van der Waals surface area contributed by atoms with Gasteiger partial charge in [0, 0.05) is 17.5 Å². The Kier molecular flexibility index (Phi) is 2.29. The van der Waals surface area contributed by atoms with Crippen LogP contribution in [0, 0.1) is 0 Å². The minimum absolute atomic E-state index is 0.0496. The average molecular weight is 207 g/mol. The predicted molar refractivity (Wildman–Crippen MR) is 57.4 cm³/mol. The van der Waals surface area contributed by atoms with Crippen molar-refractivity contribution < 1.29 is 4.79 Å². The van der Waals surface area contributed by atoms with Crippen molar-refractivity contribution in [2.45, 2.75) is 45.7 Å². The summed E-state index contributed by atoms with van der Waals surface area (Å²) in [6.45, 7) is 7.00. The SMILES string of the molecule is CC(C)(C)c1ncn2c1CCC(=O)NC2. The molecule has 82 valence electrons. The lowest BCUT2D eigenvalue weighted by atomic mass is 9.90. The van der Waals surface area contributed by atoms with Crippen molar-refractivity contribution in [1.82, 2.24) is 14.9 Å². The number of fused-ring (bicyclic) bond motifs is 1. The maximum Gasteiger partial charge on any atom is 0.221 e. The number of imidazole rings is 1. The Morgan fingerprint density at radius 3 is 2.80 bits per heavy atom. The van der Waals surface area contributed by atoms with Crippen LogP contribution >= 0.6 is 0 Å². The Labute approximate surface area is 89.7 Å². The van der Waals surface area contributed by atoms with E-state index in [9.17, 15) is 4.79 Å². The summed E-state index contributed by atoms with van der Waals surface area (Å²) in [4.78, 5) is 15.7. The minimum Gasteiger partial charge on any atom is -0.338 e. The van der Waals surface area contributed by atoms with Crippen LogP contribution in [0.2, 0.25) is 0 Å². The molecule has 0 unspecified atom stereocenters. The maximum atomic E-state index is 11.3. The summed E-state index contributed by atoms with van der Waals surface area (Å²) in [6, 6.07) is 0. The number of nitrogens with zero attached hydrogens (tertiary/aromatic N) is 2. The van der Waals surface area contributed by atoms with Crippen LogP contribution in [-0.4, -0.2) is 15.5 Å². The fraction of sp³-hybridized carbons (Fsp3) is 0.636. The number of nitrogens with one attached hydrogen (secondary N) is 1. The van der Waals surface area contributed by atoms with Gasteiger partial charge in [0.05, 0.1) is 18.7 Å². The summed E-state index contributed by atoms with van der Waals surface area (Å²) >= 11 is 0. The predicted octanol–water partition coefficient (Wildman–Crippen LogP) is 1.20. The molecule has 1 N–H and O–H groups in total. The Bertz CT molecular complexity index is 387. The Morgan fingerprint density at radius 2 is 2.13 bits per heavy atom. The molecule has 1 aliphatic rings. The quantitative estimate of drug-likeness (QED) is 0.695. The van der Waals surface area contributed by atoms with Crippen molar-refractivity contribution in [3.63, 3.8) is 0 Å². The molecule has 0 bridgehead atoms. The third-order valence-electron chi connectivity index (χ3n) is 2.69. The number of amides is 1.